The first kappa shape index (κ1) is 13.8. The van der Waals surface area contributed by atoms with E-state index < -0.39 is 10.8 Å². The van der Waals surface area contributed by atoms with Crippen LogP contribution in [0.3, 0.4) is 0 Å². The van der Waals surface area contributed by atoms with Gasteiger partial charge in [-0.15, -0.1) is 0 Å². The summed E-state index contributed by atoms with van der Waals surface area (Å²) in [6.45, 7) is 6.84. The highest BCUT2D eigenvalue weighted by molar-refractivity contribution is 7.85. The molecule has 2 rings (SSSR count). The van der Waals surface area contributed by atoms with Gasteiger partial charge >= 0.3 is 0 Å². The summed E-state index contributed by atoms with van der Waals surface area (Å²) in [5.41, 5.74) is 0. The molecule has 1 aromatic rings. The molecule has 1 aliphatic carbocycles. The van der Waals surface area contributed by atoms with E-state index in [-0.39, 0.29) is 0 Å². The van der Waals surface area contributed by atoms with Crippen molar-refractivity contribution >= 4 is 10.8 Å². The Balaban J connectivity index is 2.20. The third kappa shape index (κ3) is 3.03. The quantitative estimate of drug-likeness (QED) is 0.797. The molecule has 0 spiro atoms. The second kappa shape index (κ2) is 6.01. The summed E-state index contributed by atoms with van der Waals surface area (Å²) < 4.78 is 12.8. The lowest BCUT2D eigenvalue weighted by molar-refractivity contribution is 0.241. The van der Waals surface area contributed by atoms with E-state index in [2.05, 4.69) is 20.8 Å². The summed E-state index contributed by atoms with van der Waals surface area (Å²) in [7, 11) is -0.841. The first-order valence-electron chi connectivity index (χ1n) is 7.05. The summed E-state index contributed by atoms with van der Waals surface area (Å²) in [6, 6.07) is 9.98. The Morgan fingerprint density at radius 2 is 1.83 bits per heavy atom. The van der Waals surface area contributed by atoms with Crippen LogP contribution in [0.25, 0.3) is 0 Å². The van der Waals surface area contributed by atoms with Crippen LogP contribution in [-0.2, 0) is 10.8 Å². The largest absolute Gasteiger partial charge is 0.254 e. The van der Waals surface area contributed by atoms with Gasteiger partial charge < -0.3 is 0 Å². The zero-order valence-corrected chi connectivity index (χ0v) is 12.5. The van der Waals surface area contributed by atoms with Crippen molar-refractivity contribution in [3.63, 3.8) is 0 Å². The molecule has 0 bridgehead atoms. The molecule has 1 nitrogen and oxygen atoms in total. The lowest BCUT2D eigenvalue weighted by Gasteiger charge is -2.36. The van der Waals surface area contributed by atoms with Crippen LogP contribution in [0.15, 0.2) is 35.2 Å². The van der Waals surface area contributed by atoms with Gasteiger partial charge in [0, 0.05) is 10.1 Å². The van der Waals surface area contributed by atoms with E-state index in [4.69, 9.17) is 0 Å². The van der Waals surface area contributed by atoms with E-state index in [1.165, 1.54) is 12.8 Å². The summed E-state index contributed by atoms with van der Waals surface area (Å²) in [5, 5.41) is 0.344. The van der Waals surface area contributed by atoms with Crippen LogP contribution in [0.2, 0.25) is 0 Å². The molecule has 1 saturated carbocycles. The molecule has 0 aromatic heterocycles. The minimum atomic E-state index is -0.841. The van der Waals surface area contributed by atoms with Crippen molar-refractivity contribution in [2.75, 3.05) is 0 Å². The fourth-order valence-electron chi connectivity index (χ4n) is 3.09. The van der Waals surface area contributed by atoms with Crippen LogP contribution >= 0.6 is 0 Å². The maximum absolute atomic E-state index is 12.8. The maximum Gasteiger partial charge on any atom is 0.0563 e. The Morgan fingerprint density at radius 1 is 1.17 bits per heavy atom. The van der Waals surface area contributed by atoms with Gasteiger partial charge in [0.2, 0.25) is 0 Å². The number of hydrogen-bond acceptors (Lipinski definition) is 1. The normalized spacial score (nSPS) is 30.3. The van der Waals surface area contributed by atoms with Crippen LogP contribution in [0, 0.1) is 17.8 Å². The van der Waals surface area contributed by atoms with Crippen molar-refractivity contribution in [1.82, 2.24) is 0 Å². The number of rotatable bonds is 3. The van der Waals surface area contributed by atoms with Crippen LogP contribution in [-0.4, -0.2) is 9.46 Å². The topological polar surface area (TPSA) is 17.1 Å². The molecule has 1 aromatic carbocycles. The van der Waals surface area contributed by atoms with E-state index in [1.807, 2.05) is 30.3 Å². The molecule has 2 heteroatoms. The second-order valence-corrected chi connectivity index (χ2v) is 7.65. The molecule has 0 aliphatic heterocycles. The molecule has 18 heavy (non-hydrogen) atoms. The van der Waals surface area contributed by atoms with Gasteiger partial charge in [0.1, 0.15) is 0 Å². The summed E-state index contributed by atoms with van der Waals surface area (Å²) in [6.07, 6.45) is 3.65. The molecular formula is C16H24OS. The van der Waals surface area contributed by atoms with Gasteiger partial charge in [-0.05, 0) is 42.7 Å². The first-order valence-corrected chi connectivity index (χ1v) is 8.26. The van der Waals surface area contributed by atoms with Crippen molar-refractivity contribution in [2.24, 2.45) is 17.8 Å². The minimum Gasteiger partial charge on any atom is -0.254 e. The highest BCUT2D eigenvalue weighted by atomic mass is 32.2. The summed E-state index contributed by atoms with van der Waals surface area (Å²) in [5.74, 6) is 1.97. The van der Waals surface area contributed by atoms with Gasteiger partial charge in [-0.1, -0.05) is 45.4 Å². The zero-order chi connectivity index (χ0) is 13.1. The molecular weight excluding hydrogens is 240 g/mol. The average molecular weight is 264 g/mol. The molecule has 4 atom stereocenters. The summed E-state index contributed by atoms with van der Waals surface area (Å²) >= 11 is 0. The average Bonchev–Trinajstić information content (AvgIpc) is 2.38. The van der Waals surface area contributed by atoms with E-state index in [1.54, 1.807) is 0 Å². The Hall–Kier alpha value is -0.630. The lowest BCUT2D eigenvalue weighted by Crippen LogP contribution is -2.35. The van der Waals surface area contributed by atoms with Crippen molar-refractivity contribution in [2.45, 2.75) is 50.2 Å². The molecule has 1 fully saturated rings. The first-order chi connectivity index (χ1) is 8.59. The van der Waals surface area contributed by atoms with Gasteiger partial charge in [0.15, 0.2) is 0 Å². The minimum absolute atomic E-state index is 0.344. The Bertz CT molecular complexity index is 399. The molecule has 1 aliphatic rings. The standard InChI is InChI=1S/C16H24OS/c1-12(2)15-10-9-13(3)11-16(15)18(17)14-7-5-4-6-8-14/h4-8,12-13,15-16H,9-11H2,1-3H3/t13-,15+,16+,18-/m1/s1. The number of benzene rings is 1. The van der Waals surface area contributed by atoms with Crippen molar-refractivity contribution in [3.8, 4) is 0 Å². The monoisotopic (exact) mass is 264 g/mol. The Morgan fingerprint density at radius 3 is 2.44 bits per heavy atom. The van der Waals surface area contributed by atoms with E-state index >= 15 is 0 Å². The second-order valence-electron chi connectivity index (χ2n) is 5.98. The molecule has 0 amide bonds. The Labute approximate surface area is 113 Å². The molecule has 100 valence electrons. The van der Waals surface area contributed by atoms with E-state index in [0.29, 0.717) is 17.1 Å². The van der Waals surface area contributed by atoms with Crippen LogP contribution in [0.1, 0.15) is 40.0 Å². The van der Waals surface area contributed by atoms with Crippen molar-refractivity contribution in [3.05, 3.63) is 30.3 Å². The third-order valence-electron chi connectivity index (χ3n) is 4.21. The summed E-state index contributed by atoms with van der Waals surface area (Å²) in [4.78, 5) is 1.00. The van der Waals surface area contributed by atoms with E-state index in [0.717, 1.165) is 17.2 Å². The van der Waals surface area contributed by atoms with Gasteiger partial charge in [-0.3, -0.25) is 4.21 Å². The van der Waals surface area contributed by atoms with Crippen LogP contribution < -0.4 is 0 Å². The molecule has 0 unspecified atom stereocenters. The predicted octanol–water partition coefficient (Wildman–Crippen LogP) is 4.26. The van der Waals surface area contributed by atoms with Crippen LogP contribution in [0.4, 0.5) is 0 Å². The van der Waals surface area contributed by atoms with Crippen LogP contribution in [0.5, 0.6) is 0 Å². The highest BCUT2D eigenvalue weighted by Gasteiger charge is 2.34. The van der Waals surface area contributed by atoms with Gasteiger partial charge in [-0.2, -0.15) is 0 Å². The van der Waals surface area contributed by atoms with E-state index in [9.17, 15) is 4.21 Å². The Kier molecular flexibility index (Phi) is 4.60. The predicted molar refractivity (Wildman–Crippen MR) is 78.0 cm³/mol. The molecule has 0 N–H and O–H groups in total. The van der Waals surface area contributed by atoms with Crippen molar-refractivity contribution < 1.29 is 4.21 Å². The molecule has 0 saturated heterocycles. The fraction of sp³-hybridized carbons (Fsp3) is 0.625. The highest BCUT2D eigenvalue weighted by Crippen LogP contribution is 2.37. The van der Waals surface area contributed by atoms with Crippen molar-refractivity contribution in [1.29, 1.82) is 0 Å². The zero-order valence-electron chi connectivity index (χ0n) is 11.6. The smallest absolute Gasteiger partial charge is 0.0563 e. The third-order valence-corrected chi connectivity index (χ3v) is 6.04. The lowest BCUT2D eigenvalue weighted by atomic mass is 9.77. The van der Waals surface area contributed by atoms with Gasteiger partial charge in [-0.25, -0.2) is 0 Å². The molecule has 0 radical (unpaired) electrons. The fourth-order valence-corrected chi connectivity index (χ4v) is 5.14. The maximum atomic E-state index is 12.8. The number of hydrogen-bond donors (Lipinski definition) is 0. The van der Waals surface area contributed by atoms with Gasteiger partial charge in [0.25, 0.3) is 0 Å². The van der Waals surface area contributed by atoms with Gasteiger partial charge in [0.05, 0.1) is 10.8 Å². The molecule has 0 heterocycles. The SMILES string of the molecule is CC(C)[C@@H]1CC[C@@H](C)C[C@@H]1[S@](=O)c1ccccc1.